The van der Waals surface area contributed by atoms with Crippen molar-refractivity contribution in [3.05, 3.63) is 34.3 Å². The molecule has 2 unspecified atom stereocenters. The minimum atomic E-state index is -0.525. The van der Waals surface area contributed by atoms with Gasteiger partial charge in [0.25, 0.3) is 5.91 Å². The molecule has 1 aliphatic rings. The summed E-state index contributed by atoms with van der Waals surface area (Å²) in [5, 5.41) is 24.4. The first-order valence-electron chi connectivity index (χ1n) is 7.76. The second kappa shape index (κ2) is 6.13. The zero-order chi connectivity index (χ0) is 16.4. The van der Waals surface area contributed by atoms with Gasteiger partial charge < -0.3 is 5.32 Å². The number of carbonyl (C=O) groups excluding carboxylic acids is 1. The molecule has 3 rings (SSSR count). The summed E-state index contributed by atoms with van der Waals surface area (Å²) < 4.78 is 1.65. The summed E-state index contributed by atoms with van der Waals surface area (Å²) >= 11 is 1.49. The van der Waals surface area contributed by atoms with Crippen LogP contribution in [0.2, 0.25) is 0 Å². The van der Waals surface area contributed by atoms with Gasteiger partial charge in [-0.1, -0.05) is 25.5 Å². The second-order valence-electron chi connectivity index (χ2n) is 6.08. The summed E-state index contributed by atoms with van der Waals surface area (Å²) in [6.07, 6.45) is 4.33. The Bertz CT molecular complexity index is 726. The predicted molar refractivity (Wildman–Crippen MR) is 86.8 cm³/mol. The first-order chi connectivity index (χ1) is 11.1. The number of nitriles is 1. The van der Waals surface area contributed by atoms with Crippen molar-refractivity contribution >= 4 is 17.2 Å². The number of amides is 1. The monoisotopic (exact) mass is 329 g/mol. The number of aromatic nitrogens is 3. The zero-order valence-electron chi connectivity index (χ0n) is 13.2. The predicted octanol–water partition coefficient (Wildman–Crippen LogP) is 2.87. The van der Waals surface area contributed by atoms with Crippen molar-refractivity contribution in [2.45, 2.75) is 44.7 Å². The molecule has 1 N–H and O–H groups in total. The van der Waals surface area contributed by atoms with E-state index in [2.05, 4.69) is 35.5 Å². The van der Waals surface area contributed by atoms with Gasteiger partial charge in [-0.15, -0.1) is 5.10 Å². The van der Waals surface area contributed by atoms with Crippen LogP contribution in [0.5, 0.6) is 0 Å². The van der Waals surface area contributed by atoms with Gasteiger partial charge in [0.05, 0.1) is 23.9 Å². The van der Waals surface area contributed by atoms with Crippen LogP contribution in [0.25, 0.3) is 0 Å². The third kappa shape index (κ3) is 2.99. The van der Waals surface area contributed by atoms with Gasteiger partial charge in [0.15, 0.2) is 5.54 Å². The third-order valence-corrected chi connectivity index (χ3v) is 5.17. The standard InChI is InChI=1S/C16H19N5OS/c1-3-11(2)14(18-15(22)12-4-7-23-9-12)13-8-21(20-19-13)16(10-17)5-6-16/h4,7-9,11,14H,3,5-6H2,1-2H3,(H,18,22). The maximum atomic E-state index is 12.4. The van der Waals surface area contributed by atoms with Crippen LogP contribution in [0.15, 0.2) is 23.0 Å². The average molecular weight is 329 g/mol. The number of nitrogens with one attached hydrogen (secondary N) is 1. The van der Waals surface area contributed by atoms with E-state index < -0.39 is 5.54 Å². The topological polar surface area (TPSA) is 83.6 Å². The van der Waals surface area contributed by atoms with E-state index in [-0.39, 0.29) is 17.9 Å². The third-order valence-electron chi connectivity index (χ3n) is 4.48. The molecule has 7 heteroatoms. The smallest absolute Gasteiger partial charge is 0.252 e. The lowest BCUT2D eigenvalue weighted by Crippen LogP contribution is -2.32. The zero-order valence-corrected chi connectivity index (χ0v) is 14.0. The van der Waals surface area contributed by atoms with Crippen LogP contribution in [-0.4, -0.2) is 20.9 Å². The van der Waals surface area contributed by atoms with Gasteiger partial charge in [-0.3, -0.25) is 4.79 Å². The molecule has 23 heavy (non-hydrogen) atoms. The van der Waals surface area contributed by atoms with Crippen LogP contribution in [0.4, 0.5) is 0 Å². The van der Waals surface area contributed by atoms with Crippen molar-refractivity contribution in [3.8, 4) is 6.07 Å². The quantitative estimate of drug-likeness (QED) is 0.883. The molecule has 2 heterocycles. The summed E-state index contributed by atoms with van der Waals surface area (Å²) in [5.74, 6) is 0.118. The number of carbonyl (C=O) groups is 1. The van der Waals surface area contributed by atoms with Gasteiger partial charge in [-0.05, 0) is 30.2 Å². The maximum absolute atomic E-state index is 12.4. The number of nitrogens with zero attached hydrogens (tertiary/aromatic N) is 4. The highest BCUT2D eigenvalue weighted by molar-refractivity contribution is 7.08. The Labute approximate surface area is 139 Å². The molecule has 0 spiro atoms. The average Bonchev–Trinajstić information content (AvgIpc) is 2.99. The van der Waals surface area contributed by atoms with Crippen molar-refractivity contribution < 1.29 is 4.79 Å². The molecule has 1 aliphatic carbocycles. The largest absolute Gasteiger partial charge is 0.343 e. The molecule has 0 bridgehead atoms. The fraction of sp³-hybridized carbons (Fsp3) is 0.500. The number of rotatable bonds is 6. The highest BCUT2D eigenvalue weighted by atomic mass is 32.1. The van der Waals surface area contributed by atoms with Gasteiger partial charge in [-0.25, -0.2) is 4.68 Å². The lowest BCUT2D eigenvalue weighted by atomic mass is 9.96. The van der Waals surface area contributed by atoms with E-state index in [9.17, 15) is 10.1 Å². The summed E-state index contributed by atoms with van der Waals surface area (Å²) in [5.41, 5.74) is 0.846. The highest BCUT2D eigenvalue weighted by Gasteiger charge is 2.47. The molecule has 2 aromatic heterocycles. The molecular formula is C16H19N5OS. The van der Waals surface area contributed by atoms with E-state index in [0.717, 1.165) is 19.3 Å². The van der Waals surface area contributed by atoms with Crippen LogP contribution in [0.3, 0.4) is 0 Å². The Morgan fingerprint density at radius 3 is 2.96 bits per heavy atom. The van der Waals surface area contributed by atoms with Gasteiger partial charge in [-0.2, -0.15) is 16.6 Å². The Balaban J connectivity index is 1.82. The van der Waals surface area contributed by atoms with Gasteiger partial charge in [0.2, 0.25) is 0 Å². The SMILES string of the molecule is CCC(C)C(NC(=O)c1ccsc1)c1cn(C2(C#N)CC2)nn1. The Morgan fingerprint density at radius 1 is 1.61 bits per heavy atom. The van der Waals surface area contributed by atoms with Crippen LogP contribution in [0, 0.1) is 17.2 Å². The fourth-order valence-corrected chi connectivity index (χ4v) is 3.14. The van der Waals surface area contributed by atoms with Gasteiger partial charge in [0, 0.05) is 5.38 Å². The molecule has 0 aromatic carbocycles. The Morgan fingerprint density at radius 2 is 2.39 bits per heavy atom. The molecule has 0 radical (unpaired) electrons. The van der Waals surface area contributed by atoms with E-state index in [0.29, 0.717) is 11.3 Å². The number of hydrogen-bond donors (Lipinski definition) is 1. The van der Waals surface area contributed by atoms with Crippen molar-refractivity contribution in [2.75, 3.05) is 0 Å². The fourth-order valence-electron chi connectivity index (χ4n) is 2.50. The van der Waals surface area contributed by atoms with Crippen molar-refractivity contribution in [3.63, 3.8) is 0 Å². The summed E-state index contributed by atoms with van der Waals surface area (Å²) in [6, 6.07) is 3.89. The van der Waals surface area contributed by atoms with Crippen LogP contribution in [-0.2, 0) is 5.54 Å². The highest BCUT2D eigenvalue weighted by Crippen LogP contribution is 2.42. The second-order valence-corrected chi connectivity index (χ2v) is 6.86. The molecule has 1 amide bonds. The Hall–Kier alpha value is -2.20. The molecule has 0 saturated heterocycles. The van der Waals surface area contributed by atoms with Crippen molar-refractivity contribution in [2.24, 2.45) is 5.92 Å². The van der Waals surface area contributed by atoms with Crippen LogP contribution >= 0.6 is 11.3 Å². The molecule has 0 aliphatic heterocycles. The van der Waals surface area contributed by atoms with Crippen LogP contribution < -0.4 is 5.32 Å². The number of thiophene rings is 1. The molecule has 120 valence electrons. The molecule has 2 aromatic rings. The van der Waals surface area contributed by atoms with E-state index in [4.69, 9.17) is 0 Å². The Kier molecular flexibility index (Phi) is 4.18. The molecule has 1 saturated carbocycles. The van der Waals surface area contributed by atoms with Crippen molar-refractivity contribution in [1.29, 1.82) is 5.26 Å². The van der Waals surface area contributed by atoms with Gasteiger partial charge >= 0.3 is 0 Å². The summed E-state index contributed by atoms with van der Waals surface area (Å²) in [4.78, 5) is 12.4. The normalized spacial score (nSPS) is 18.0. The van der Waals surface area contributed by atoms with Crippen molar-refractivity contribution in [1.82, 2.24) is 20.3 Å². The summed E-state index contributed by atoms with van der Waals surface area (Å²) in [6.45, 7) is 4.16. The molecular weight excluding hydrogens is 310 g/mol. The van der Waals surface area contributed by atoms with E-state index in [1.54, 1.807) is 16.9 Å². The maximum Gasteiger partial charge on any atom is 0.252 e. The molecule has 2 atom stereocenters. The lowest BCUT2D eigenvalue weighted by molar-refractivity contribution is 0.0922. The lowest BCUT2D eigenvalue weighted by Gasteiger charge is -2.22. The minimum absolute atomic E-state index is 0.104. The first kappa shape index (κ1) is 15.7. The van der Waals surface area contributed by atoms with E-state index >= 15 is 0 Å². The van der Waals surface area contributed by atoms with E-state index in [1.165, 1.54) is 11.3 Å². The molecule has 1 fully saturated rings. The van der Waals surface area contributed by atoms with Crippen LogP contribution in [0.1, 0.15) is 55.2 Å². The van der Waals surface area contributed by atoms with E-state index in [1.807, 2.05) is 10.8 Å². The minimum Gasteiger partial charge on any atom is -0.343 e. The molecule has 6 nitrogen and oxygen atoms in total. The summed E-state index contributed by atoms with van der Waals surface area (Å²) in [7, 11) is 0. The first-order valence-corrected chi connectivity index (χ1v) is 8.71. The number of hydrogen-bond acceptors (Lipinski definition) is 5. The van der Waals surface area contributed by atoms with Gasteiger partial charge in [0.1, 0.15) is 5.69 Å².